The minimum absolute atomic E-state index is 0.210. The van der Waals surface area contributed by atoms with Gasteiger partial charge in [0.15, 0.2) is 5.13 Å². The largest absolute Gasteiger partial charge is 0.573 e. The van der Waals surface area contributed by atoms with Crippen LogP contribution in [0.25, 0.3) is 10.2 Å². The van der Waals surface area contributed by atoms with E-state index < -0.39 is 11.9 Å². The van der Waals surface area contributed by atoms with Crippen LogP contribution >= 0.6 is 11.3 Å². The Balaban J connectivity index is 1.76. The molecule has 1 aliphatic carbocycles. The number of carbonyl (C=O) groups excluding carboxylic acids is 2. The number of benzene rings is 1. The van der Waals surface area contributed by atoms with Crippen molar-refractivity contribution >= 4 is 38.5 Å². The Morgan fingerprint density at radius 3 is 2.65 bits per heavy atom. The third-order valence-electron chi connectivity index (χ3n) is 4.16. The molecular weight excluding hydrogens is 371 g/mol. The lowest BCUT2D eigenvalue weighted by Gasteiger charge is -2.40. The van der Waals surface area contributed by atoms with Crippen molar-refractivity contribution in [2.24, 2.45) is 0 Å². The van der Waals surface area contributed by atoms with Crippen LogP contribution in [0.5, 0.6) is 5.75 Å². The summed E-state index contributed by atoms with van der Waals surface area (Å²) in [6, 6.07) is 3.77. The zero-order valence-electron chi connectivity index (χ0n) is 13.8. The summed E-state index contributed by atoms with van der Waals surface area (Å²) in [6.07, 6.45) is -2.59. The van der Waals surface area contributed by atoms with Crippen molar-refractivity contribution in [2.45, 2.75) is 44.5 Å². The highest BCUT2D eigenvalue weighted by Gasteiger charge is 2.45. The fraction of sp³-hybridized carbons (Fsp3) is 0.438. The normalized spacial score (nSPS) is 16.0. The van der Waals surface area contributed by atoms with Crippen LogP contribution in [0, 0.1) is 0 Å². The maximum Gasteiger partial charge on any atom is 0.573 e. The van der Waals surface area contributed by atoms with Gasteiger partial charge in [-0.1, -0.05) is 18.3 Å². The number of halogens is 3. The maximum atomic E-state index is 12.6. The number of carbonyl (C=O) groups is 2. The number of ether oxygens (including phenoxy) is 1. The highest BCUT2D eigenvalue weighted by molar-refractivity contribution is 7.22. The number of nitrogens with zero attached hydrogens (tertiary/aromatic N) is 1. The first kappa shape index (κ1) is 18.4. The summed E-state index contributed by atoms with van der Waals surface area (Å²) in [7, 11) is 0. The zero-order valence-corrected chi connectivity index (χ0v) is 14.6. The number of hydrogen-bond donors (Lipinski definition) is 2. The van der Waals surface area contributed by atoms with E-state index in [1.54, 1.807) is 6.92 Å². The van der Waals surface area contributed by atoms with Crippen molar-refractivity contribution in [2.75, 3.05) is 5.32 Å². The molecule has 0 spiro atoms. The number of aromatic nitrogens is 1. The first-order valence-corrected chi connectivity index (χ1v) is 8.81. The molecular formula is C16H16F3N3O3S. The van der Waals surface area contributed by atoms with Gasteiger partial charge in [-0.25, -0.2) is 4.98 Å². The van der Waals surface area contributed by atoms with Crippen molar-refractivity contribution in [3.8, 4) is 5.75 Å². The molecule has 0 bridgehead atoms. The molecule has 6 nitrogen and oxygen atoms in total. The molecule has 1 heterocycles. The van der Waals surface area contributed by atoms with E-state index in [1.165, 1.54) is 12.1 Å². The molecule has 1 saturated carbocycles. The number of rotatable bonds is 5. The van der Waals surface area contributed by atoms with Gasteiger partial charge in [-0.2, -0.15) is 0 Å². The highest BCUT2D eigenvalue weighted by Crippen LogP contribution is 2.35. The van der Waals surface area contributed by atoms with Gasteiger partial charge in [-0.05, 0) is 31.4 Å². The second kappa shape index (κ2) is 6.75. The molecule has 2 amide bonds. The van der Waals surface area contributed by atoms with Crippen LogP contribution in [0.3, 0.4) is 0 Å². The molecule has 1 aromatic heterocycles. The standard InChI is InChI=1S/C16H16F3N3O3S/c1-2-12(23)22-15(6-3-7-15)13(24)21-14-20-10-5-4-9(8-11(10)26-14)25-16(17,18)19/h4-5,8H,2-3,6-7H2,1H3,(H,22,23)(H,20,21,24). The van der Waals surface area contributed by atoms with E-state index in [0.717, 1.165) is 23.8 Å². The van der Waals surface area contributed by atoms with Gasteiger partial charge in [-0.3, -0.25) is 14.9 Å². The Bertz CT molecular complexity index is 846. The summed E-state index contributed by atoms with van der Waals surface area (Å²) in [6.45, 7) is 1.70. The van der Waals surface area contributed by atoms with Crippen molar-refractivity contribution in [3.05, 3.63) is 18.2 Å². The predicted octanol–water partition coefficient (Wildman–Crippen LogP) is 3.58. The second-order valence-corrected chi connectivity index (χ2v) is 7.02. The van der Waals surface area contributed by atoms with E-state index >= 15 is 0 Å². The molecule has 10 heteroatoms. The topological polar surface area (TPSA) is 80.3 Å². The number of hydrogen-bond acceptors (Lipinski definition) is 5. The third-order valence-corrected chi connectivity index (χ3v) is 5.09. The molecule has 26 heavy (non-hydrogen) atoms. The molecule has 1 aliphatic rings. The molecule has 1 aromatic carbocycles. The molecule has 0 unspecified atom stereocenters. The van der Waals surface area contributed by atoms with Crippen LogP contribution in [-0.4, -0.2) is 28.7 Å². The predicted molar refractivity (Wildman–Crippen MR) is 89.9 cm³/mol. The molecule has 2 aromatic rings. The minimum atomic E-state index is -4.77. The Morgan fingerprint density at radius 2 is 2.08 bits per heavy atom. The maximum absolute atomic E-state index is 12.6. The third kappa shape index (κ3) is 3.90. The SMILES string of the molecule is CCC(=O)NC1(C(=O)Nc2nc3ccc(OC(F)(F)F)cc3s2)CCC1. The van der Waals surface area contributed by atoms with Gasteiger partial charge in [0.1, 0.15) is 11.3 Å². The number of amides is 2. The van der Waals surface area contributed by atoms with Crippen LogP contribution in [0.2, 0.25) is 0 Å². The Morgan fingerprint density at radius 1 is 1.35 bits per heavy atom. The van der Waals surface area contributed by atoms with Crippen molar-refractivity contribution in [3.63, 3.8) is 0 Å². The summed E-state index contributed by atoms with van der Waals surface area (Å²) < 4.78 is 41.2. The summed E-state index contributed by atoms with van der Waals surface area (Å²) in [5, 5.41) is 5.67. The lowest BCUT2D eigenvalue weighted by atomic mass is 9.76. The first-order valence-electron chi connectivity index (χ1n) is 7.99. The van der Waals surface area contributed by atoms with E-state index in [4.69, 9.17) is 0 Å². The molecule has 1 fully saturated rings. The minimum Gasteiger partial charge on any atom is -0.406 e. The fourth-order valence-electron chi connectivity index (χ4n) is 2.67. The molecule has 140 valence electrons. The summed E-state index contributed by atoms with van der Waals surface area (Å²) in [5.74, 6) is -0.924. The van der Waals surface area contributed by atoms with Crippen LogP contribution in [0.4, 0.5) is 18.3 Å². The average molecular weight is 387 g/mol. The molecule has 2 N–H and O–H groups in total. The van der Waals surface area contributed by atoms with Crippen LogP contribution < -0.4 is 15.4 Å². The van der Waals surface area contributed by atoms with Crippen LogP contribution in [-0.2, 0) is 9.59 Å². The van der Waals surface area contributed by atoms with E-state index in [1.807, 2.05) is 0 Å². The van der Waals surface area contributed by atoms with Gasteiger partial charge < -0.3 is 10.1 Å². The van der Waals surface area contributed by atoms with Gasteiger partial charge in [0.05, 0.1) is 10.2 Å². The van der Waals surface area contributed by atoms with E-state index in [0.29, 0.717) is 23.1 Å². The van der Waals surface area contributed by atoms with Crippen molar-refractivity contribution in [1.29, 1.82) is 0 Å². The number of fused-ring (bicyclic) bond motifs is 1. The summed E-state index contributed by atoms with van der Waals surface area (Å²) >= 11 is 1.04. The zero-order chi connectivity index (χ0) is 18.9. The molecule has 0 atom stereocenters. The van der Waals surface area contributed by atoms with Gasteiger partial charge in [-0.15, -0.1) is 13.2 Å². The summed E-state index contributed by atoms with van der Waals surface area (Å²) in [5.41, 5.74) is -0.490. The Hall–Kier alpha value is -2.36. The van der Waals surface area contributed by atoms with Gasteiger partial charge in [0, 0.05) is 12.5 Å². The Kier molecular flexibility index (Phi) is 4.78. The smallest absolute Gasteiger partial charge is 0.406 e. The highest BCUT2D eigenvalue weighted by atomic mass is 32.1. The molecule has 0 saturated heterocycles. The van der Waals surface area contributed by atoms with Gasteiger partial charge in [0.2, 0.25) is 5.91 Å². The summed E-state index contributed by atoms with van der Waals surface area (Å²) in [4.78, 5) is 28.4. The fourth-order valence-corrected chi connectivity index (χ4v) is 3.56. The number of thiazole rings is 1. The van der Waals surface area contributed by atoms with Crippen molar-refractivity contribution in [1.82, 2.24) is 10.3 Å². The number of anilines is 1. The van der Waals surface area contributed by atoms with E-state index in [2.05, 4.69) is 20.4 Å². The van der Waals surface area contributed by atoms with Crippen molar-refractivity contribution < 1.29 is 27.5 Å². The monoisotopic (exact) mass is 387 g/mol. The van der Waals surface area contributed by atoms with Gasteiger partial charge >= 0.3 is 6.36 Å². The van der Waals surface area contributed by atoms with Gasteiger partial charge in [0.25, 0.3) is 5.91 Å². The first-order chi connectivity index (χ1) is 12.2. The van der Waals surface area contributed by atoms with Crippen LogP contribution in [0.15, 0.2) is 18.2 Å². The number of alkyl halides is 3. The lowest BCUT2D eigenvalue weighted by Crippen LogP contribution is -2.61. The Labute approximate surface area is 150 Å². The van der Waals surface area contributed by atoms with Crippen LogP contribution in [0.1, 0.15) is 32.6 Å². The average Bonchev–Trinajstić information content (AvgIpc) is 2.90. The van der Waals surface area contributed by atoms with E-state index in [9.17, 15) is 22.8 Å². The van der Waals surface area contributed by atoms with E-state index in [-0.39, 0.29) is 29.1 Å². The quantitative estimate of drug-likeness (QED) is 0.822. The molecule has 0 radical (unpaired) electrons. The second-order valence-electron chi connectivity index (χ2n) is 5.99. The lowest BCUT2D eigenvalue weighted by molar-refractivity contribution is -0.274. The molecule has 0 aliphatic heterocycles. The number of nitrogens with one attached hydrogen (secondary N) is 2. The molecule has 3 rings (SSSR count).